The molecule has 5 rings (SSSR count). The Morgan fingerprint density at radius 3 is 2.43 bits per heavy atom. The fourth-order valence-corrected chi connectivity index (χ4v) is 7.26. The zero-order valence-corrected chi connectivity index (χ0v) is 22.1. The van der Waals surface area contributed by atoms with Gasteiger partial charge in [0.05, 0.1) is 12.1 Å². The van der Waals surface area contributed by atoms with E-state index in [1.54, 1.807) is 0 Å². The molecule has 0 spiro atoms. The fourth-order valence-electron chi connectivity index (χ4n) is 6.36. The van der Waals surface area contributed by atoms with Crippen molar-refractivity contribution < 1.29 is 9.59 Å². The van der Waals surface area contributed by atoms with Crippen LogP contribution in [0.1, 0.15) is 73.1 Å². The Bertz CT molecular complexity index is 1040. The van der Waals surface area contributed by atoms with Crippen molar-refractivity contribution in [2.45, 2.75) is 70.9 Å². The summed E-state index contributed by atoms with van der Waals surface area (Å²) in [6.45, 7) is 7.75. The van der Waals surface area contributed by atoms with Crippen LogP contribution in [0.25, 0.3) is 0 Å². The Labute approximate surface area is 214 Å². The van der Waals surface area contributed by atoms with Gasteiger partial charge in [-0.2, -0.15) is 0 Å². The minimum atomic E-state index is -0.197. The molecule has 1 aliphatic carbocycles. The molecule has 3 heterocycles. The number of fused-ring (bicyclic) bond motifs is 1. The second-order valence-electron chi connectivity index (χ2n) is 10.6. The van der Waals surface area contributed by atoms with Crippen LogP contribution in [0.2, 0.25) is 0 Å². The fraction of sp³-hybridized carbons (Fsp3) is 0.586. The molecule has 5 nitrogen and oxygen atoms in total. The molecule has 0 unspecified atom stereocenters. The Balaban J connectivity index is 1.23. The average Bonchev–Trinajstić information content (AvgIpc) is 3.58. The highest BCUT2D eigenvalue weighted by Crippen LogP contribution is 2.40. The predicted octanol–water partition coefficient (Wildman–Crippen LogP) is 5.03. The third-order valence-electron chi connectivity index (χ3n) is 8.53. The highest BCUT2D eigenvalue weighted by Gasteiger charge is 2.38. The summed E-state index contributed by atoms with van der Waals surface area (Å²) in [5.41, 5.74) is 3.92. The molecule has 1 saturated heterocycles. The predicted molar refractivity (Wildman–Crippen MR) is 142 cm³/mol. The lowest BCUT2D eigenvalue weighted by atomic mass is 9.89. The van der Waals surface area contributed by atoms with Crippen LogP contribution >= 0.6 is 11.3 Å². The van der Waals surface area contributed by atoms with Crippen LogP contribution in [0.15, 0.2) is 35.7 Å². The third-order valence-corrected chi connectivity index (χ3v) is 9.52. The average molecular weight is 494 g/mol. The largest absolute Gasteiger partial charge is 0.339 e. The zero-order valence-electron chi connectivity index (χ0n) is 21.2. The maximum absolute atomic E-state index is 13.7. The van der Waals surface area contributed by atoms with Crippen LogP contribution < -0.4 is 0 Å². The molecule has 1 aromatic carbocycles. The standard InChI is InChI=1S/C29H39N3O2S/c1-21-7-3-6-10-24(21)28-25-14-20-35-26(25)13-15-32(28)22(2)29(34)31-18-16-30(17-19-31)27(33)12-11-23-8-4-5-9-23/h3,6-7,10,14,20,22-23,28H,4-5,8-9,11-13,15-19H2,1-2H3/t22-,28-/m0/s1. The second kappa shape index (κ2) is 10.8. The van der Waals surface area contributed by atoms with Gasteiger partial charge >= 0.3 is 0 Å². The van der Waals surface area contributed by atoms with Gasteiger partial charge in [0.15, 0.2) is 0 Å². The highest BCUT2D eigenvalue weighted by atomic mass is 32.1. The van der Waals surface area contributed by atoms with Crippen molar-refractivity contribution in [2.75, 3.05) is 32.7 Å². The van der Waals surface area contributed by atoms with Gasteiger partial charge in [-0.15, -0.1) is 11.3 Å². The number of nitrogens with zero attached hydrogens (tertiary/aromatic N) is 3. The molecular weight excluding hydrogens is 454 g/mol. The lowest BCUT2D eigenvalue weighted by Gasteiger charge is -2.43. The van der Waals surface area contributed by atoms with Crippen molar-refractivity contribution in [3.8, 4) is 0 Å². The van der Waals surface area contributed by atoms with Gasteiger partial charge in [-0.05, 0) is 60.7 Å². The van der Waals surface area contributed by atoms with E-state index >= 15 is 0 Å². The molecule has 6 heteroatoms. The normalized spacial score (nSPS) is 22.3. The Hall–Kier alpha value is -2.18. The van der Waals surface area contributed by atoms with Crippen molar-refractivity contribution in [1.29, 1.82) is 0 Å². The van der Waals surface area contributed by atoms with Gasteiger partial charge in [0.1, 0.15) is 0 Å². The molecule has 1 saturated carbocycles. The minimum absolute atomic E-state index is 0.114. The van der Waals surface area contributed by atoms with E-state index in [9.17, 15) is 9.59 Å². The van der Waals surface area contributed by atoms with Crippen molar-refractivity contribution in [3.05, 3.63) is 57.3 Å². The number of carbonyl (C=O) groups is 2. The Morgan fingerprint density at radius 2 is 1.69 bits per heavy atom. The Kier molecular flexibility index (Phi) is 7.59. The first-order valence-corrected chi connectivity index (χ1v) is 14.3. The summed E-state index contributed by atoms with van der Waals surface area (Å²) in [6, 6.07) is 10.7. The summed E-state index contributed by atoms with van der Waals surface area (Å²) >= 11 is 1.84. The molecule has 2 fully saturated rings. The van der Waals surface area contributed by atoms with E-state index in [0.717, 1.165) is 25.3 Å². The number of hydrogen-bond donors (Lipinski definition) is 0. The monoisotopic (exact) mass is 493 g/mol. The number of benzene rings is 1. The molecule has 2 aliphatic heterocycles. The van der Waals surface area contributed by atoms with Gasteiger partial charge in [0.25, 0.3) is 0 Å². The SMILES string of the molecule is Cc1ccccc1[C@H]1c2ccsc2CCN1[C@@H](C)C(=O)N1CCN(C(=O)CCC2CCCC2)CC1. The van der Waals surface area contributed by atoms with Crippen LogP contribution in [0.3, 0.4) is 0 Å². The van der Waals surface area contributed by atoms with Crippen LogP contribution in [-0.4, -0.2) is 65.3 Å². The van der Waals surface area contributed by atoms with Gasteiger partial charge in [-0.25, -0.2) is 0 Å². The van der Waals surface area contributed by atoms with Crippen molar-refractivity contribution >= 4 is 23.2 Å². The van der Waals surface area contributed by atoms with E-state index in [-0.39, 0.29) is 23.9 Å². The van der Waals surface area contributed by atoms with E-state index in [1.807, 2.05) is 21.1 Å². The van der Waals surface area contributed by atoms with E-state index in [1.165, 1.54) is 47.3 Å². The van der Waals surface area contributed by atoms with E-state index in [0.29, 0.717) is 32.6 Å². The summed E-state index contributed by atoms with van der Waals surface area (Å²) in [5.74, 6) is 1.22. The van der Waals surface area contributed by atoms with Gasteiger partial charge in [-0.1, -0.05) is 49.9 Å². The number of hydrogen-bond acceptors (Lipinski definition) is 4. The summed E-state index contributed by atoms with van der Waals surface area (Å²) in [7, 11) is 0. The zero-order chi connectivity index (χ0) is 24.4. The second-order valence-corrected chi connectivity index (χ2v) is 11.6. The molecule has 1 aromatic heterocycles. The minimum Gasteiger partial charge on any atom is -0.339 e. The lowest BCUT2D eigenvalue weighted by molar-refractivity contribution is -0.143. The molecule has 2 aromatic rings. The maximum Gasteiger partial charge on any atom is 0.239 e. The van der Waals surface area contributed by atoms with Gasteiger partial charge < -0.3 is 9.80 Å². The third kappa shape index (κ3) is 5.19. The molecular formula is C29H39N3O2S. The molecule has 0 bridgehead atoms. The number of thiophene rings is 1. The molecule has 35 heavy (non-hydrogen) atoms. The van der Waals surface area contributed by atoms with Gasteiger partial charge in [0.2, 0.25) is 11.8 Å². The van der Waals surface area contributed by atoms with Crippen molar-refractivity contribution in [1.82, 2.24) is 14.7 Å². The number of aryl methyl sites for hydroxylation is 1. The van der Waals surface area contributed by atoms with Gasteiger partial charge in [-0.3, -0.25) is 14.5 Å². The quantitative estimate of drug-likeness (QED) is 0.567. The number of piperazine rings is 1. The van der Waals surface area contributed by atoms with Crippen LogP contribution in [-0.2, 0) is 16.0 Å². The number of amides is 2. The number of carbonyl (C=O) groups excluding carboxylic acids is 2. The van der Waals surface area contributed by atoms with E-state index in [4.69, 9.17) is 0 Å². The van der Waals surface area contributed by atoms with Crippen LogP contribution in [0.5, 0.6) is 0 Å². The summed E-state index contributed by atoms with van der Waals surface area (Å²) < 4.78 is 0. The summed E-state index contributed by atoms with van der Waals surface area (Å²) in [6.07, 6.45) is 7.94. The summed E-state index contributed by atoms with van der Waals surface area (Å²) in [4.78, 5) is 34.2. The molecule has 2 atom stereocenters. The van der Waals surface area contributed by atoms with E-state index < -0.39 is 0 Å². The Morgan fingerprint density at radius 1 is 0.971 bits per heavy atom. The summed E-state index contributed by atoms with van der Waals surface area (Å²) in [5, 5.41) is 2.19. The first kappa shape index (κ1) is 24.5. The molecule has 2 amide bonds. The first-order valence-electron chi connectivity index (χ1n) is 13.5. The maximum atomic E-state index is 13.7. The molecule has 0 N–H and O–H groups in total. The van der Waals surface area contributed by atoms with Crippen LogP contribution in [0.4, 0.5) is 0 Å². The topological polar surface area (TPSA) is 43.9 Å². The highest BCUT2D eigenvalue weighted by molar-refractivity contribution is 7.10. The molecule has 0 radical (unpaired) electrons. The van der Waals surface area contributed by atoms with Crippen molar-refractivity contribution in [2.24, 2.45) is 5.92 Å². The molecule has 188 valence electrons. The smallest absolute Gasteiger partial charge is 0.239 e. The first-order chi connectivity index (χ1) is 17.0. The molecule has 3 aliphatic rings. The van der Waals surface area contributed by atoms with Crippen LogP contribution in [0, 0.1) is 12.8 Å². The number of rotatable bonds is 6. The van der Waals surface area contributed by atoms with Gasteiger partial charge in [0, 0.05) is 44.0 Å². The van der Waals surface area contributed by atoms with Crippen molar-refractivity contribution in [3.63, 3.8) is 0 Å². The van der Waals surface area contributed by atoms with E-state index in [2.05, 4.69) is 54.5 Å². The lowest BCUT2D eigenvalue weighted by Crippen LogP contribution is -2.56.